The zero-order chi connectivity index (χ0) is 18.9. The lowest BCUT2D eigenvalue weighted by atomic mass is 9.86. The van der Waals surface area contributed by atoms with Crippen LogP contribution in [0, 0.1) is 17.2 Å². The molecule has 7 heteroatoms. The molecule has 1 saturated carbocycles. The van der Waals surface area contributed by atoms with Crippen molar-refractivity contribution in [3.63, 3.8) is 0 Å². The van der Waals surface area contributed by atoms with Crippen LogP contribution in [0.1, 0.15) is 36.8 Å². The highest BCUT2D eigenvalue weighted by Crippen LogP contribution is 2.24. The van der Waals surface area contributed by atoms with Gasteiger partial charge in [-0.15, -0.1) is 0 Å². The summed E-state index contributed by atoms with van der Waals surface area (Å²) >= 11 is 0. The molecule has 1 fully saturated rings. The first-order valence-electron chi connectivity index (χ1n) is 8.81. The van der Waals surface area contributed by atoms with E-state index in [0.717, 1.165) is 5.56 Å². The number of hydrogen-bond acceptors (Lipinski definition) is 4. The summed E-state index contributed by atoms with van der Waals surface area (Å²) in [5, 5.41) is 20.7. The lowest BCUT2D eigenvalue weighted by Gasteiger charge is -2.28. The second kappa shape index (κ2) is 9.78. The van der Waals surface area contributed by atoms with Crippen LogP contribution in [0.2, 0.25) is 0 Å². The van der Waals surface area contributed by atoms with E-state index in [9.17, 15) is 9.59 Å². The fourth-order valence-corrected chi connectivity index (χ4v) is 2.94. The molecule has 0 bridgehead atoms. The van der Waals surface area contributed by atoms with Crippen molar-refractivity contribution in [3.05, 3.63) is 35.4 Å². The first-order valence-corrected chi connectivity index (χ1v) is 8.81. The third-order valence-electron chi connectivity index (χ3n) is 4.67. The topological polar surface area (TPSA) is 103 Å². The molecule has 0 heterocycles. The van der Waals surface area contributed by atoms with Gasteiger partial charge in [-0.05, 0) is 43.4 Å². The van der Waals surface area contributed by atoms with E-state index in [4.69, 9.17) is 15.1 Å². The van der Waals surface area contributed by atoms with Crippen LogP contribution in [0.15, 0.2) is 24.3 Å². The van der Waals surface area contributed by atoms with Crippen molar-refractivity contribution in [2.75, 3.05) is 20.2 Å². The predicted molar refractivity (Wildman–Crippen MR) is 95.4 cm³/mol. The minimum atomic E-state index is -0.744. The van der Waals surface area contributed by atoms with Crippen molar-refractivity contribution in [2.45, 2.75) is 38.3 Å². The molecule has 0 aliphatic heterocycles. The van der Waals surface area contributed by atoms with E-state index in [2.05, 4.69) is 11.4 Å². The van der Waals surface area contributed by atoms with E-state index in [1.165, 1.54) is 0 Å². The number of rotatable bonds is 7. The number of carboxylic acid groups (broad SMARTS) is 1. The second-order valence-electron chi connectivity index (χ2n) is 6.62. The van der Waals surface area contributed by atoms with E-state index in [1.807, 2.05) is 12.1 Å². The second-order valence-corrected chi connectivity index (χ2v) is 6.62. The van der Waals surface area contributed by atoms with Crippen LogP contribution in [0.4, 0.5) is 4.79 Å². The summed E-state index contributed by atoms with van der Waals surface area (Å²) in [6.45, 7) is 1.31. The van der Waals surface area contributed by atoms with E-state index in [1.54, 1.807) is 24.1 Å². The maximum absolute atomic E-state index is 12.2. The summed E-state index contributed by atoms with van der Waals surface area (Å²) < 4.78 is 5.57. The molecule has 0 spiro atoms. The highest BCUT2D eigenvalue weighted by Gasteiger charge is 2.27. The Labute approximate surface area is 153 Å². The maximum atomic E-state index is 12.2. The predicted octanol–water partition coefficient (Wildman–Crippen LogP) is 2.36. The van der Waals surface area contributed by atoms with E-state index >= 15 is 0 Å². The molecule has 1 aromatic carbocycles. The lowest BCUT2D eigenvalue weighted by molar-refractivity contribution is -0.142. The summed E-state index contributed by atoms with van der Waals surface area (Å²) in [4.78, 5) is 24.7. The molecule has 140 valence electrons. The zero-order valence-corrected chi connectivity index (χ0v) is 15.0. The van der Waals surface area contributed by atoms with Gasteiger partial charge in [0.25, 0.3) is 0 Å². The van der Waals surface area contributed by atoms with Crippen LogP contribution >= 0.6 is 0 Å². The number of urea groups is 1. The smallest absolute Gasteiger partial charge is 0.317 e. The normalized spacial score (nSPS) is 19.4. The summed E-state index contributed by atoms with van der Waals surface area (Å²) in [5.74, 6) is -1.03. The number of benzene rings is 1. The van der Waals surface area contributed by atoms with Gasteiger partial charge in [-0.1, -0.05) is 12.1 Å². The van der Waals surface area contributed by atoms with Crippen molar-refractivity contribution in [3.8, 4) is 6.07 Å². The molecule has 0 radical (unpaired) electrons. The molecule has 1 aliphatic carbocycles. The Bertz CT molecular complexity index is 646. The van der Waals surface area contributed by atoms with Gasteiger partial charge in [0.1, 0.15) is 0 Å². The van der Waals surface area contributed by atoms with Crippen LogP contribution in [-0.2, 0) is 16.1 Å². The van der Waals surface area contributed by atoms with Crippen LogP contribution in [0.25, 0.3) is 0 Å². The molecule has 7 nitrogen and oxygen atoms in total. The summed E-state index contributed by atoms with van der Waals surface area (Å²) in [6, 6.07) is 9.14. The fraction of sp³-hybridized carbons (Fsp3) is 0.526. The summed E-state index contributed by atoms with van der Waals surface area (Å²) in [5.41, 5.74) is 1.59. The number of nitrogens with one attached hydrogen (secondary N) is 1. The fourth-order valence-electron chi connectivity index (χ4n) is 2.94. The van der Waals surface area contributed by atoms with Crippen molar-refractivity contribution in [1.29, 1.82) is 5.26 Å². The lowest BCUT2D eigenvalue weighted by Crippen LogP contribution is -2.45. The molecular formula is C19H25N3O4. The maximum Gasteiger partial charge on any atom is 0.317 e. The Morgan fingerprint density at radius 1 is 1.27 bits per heavy atom. The van der Waals surface area contributed by atoms with Crippen LogP contribution in [0.3, 0.4) is 0 Å². The number of nitrogens with zero attached hydrogens (tertiary/aromatic N) is 2. The highest BCUT2D eigenvalue weighted by molar-refractivity contribution is 5.74. The Hall–Kier alpha value is -2.59. The average molecular weight is 359 g/mol. The first-order chi connectivity index (χ1) is 12.5. The first kappa shape index (κ1) is 19.7. The Kier molecular flexibility index (Phi) is 7.42. The molecule has 26 heavy (non-hydrogen) atoms. The molecular weight excluding hydrogens is 334 g/mol. The van der Waals surface area contributed by atoms with Gasteiger partial charge in [-0.25, -0.2) is 4.79 Å². The third kappa shape index (κ3) is 6.05. The Balaban J connectivity index is 1.63. The van der Waals surface area contributed by atoms with Crippen molar-refractivity contribution in [1.82, 2.24) is 10.2 Å². The molecule has 2 N–H and O–H groups in total. The molecule has 0 aromatic heterocycles. The standard InChI is InChI=1S/C19H25N3O4/c1-22(10-11-26-13-15-4-2-14(12-20)3-5-15)19(25)21-17-8-6-16(7-9-17)18(23)24/h2-5,16-17H,6-11,13H2,1H3,(H,21,25)(H,23,24). The van der Waals surface area contributed by atoms with Crippen LogP contribution in [-0.4, -0.2) is 48.2 Å². The Morgan fingerprint density at radius 3 is 2.50 bits per heavy atom. The monoisotopic (exact) mass is 359 g/mol. The van der Waals surface area contributed by atoms with Crippen LogP contribution in [0.5, 0.6) is 0 Å². The average Bonchev–Trinajstić information content (AvgIpc) is 2.66. The number of hydrogen-bond donors (Lipinski definition) is 2. The molecule has 2 amide bonds. The minimum absolute atomic E-state index is 0.0418. The number of carbonyl (C=O) groups excluding carboxylic acids is 1. The van der Waals surface area contributed by atoms with Crippen LogP contribution < -0.4 is 5.32 Å². The number of carbonyl (C=O) groups is 2. The highest BCUT2D eigenvalue weighted by atomic mass is 16.5. The van der Waals surface area contributed by atoms with Gasteiger partial charge in [-0.2, -0.15) is 5.26 Å². The molecule has 1 aromatic rings. The van der Waals surface area contributed by atoms with Gasteiger partial charge in [0.2, 0.25) is 0 Å². The number of ether oxygens (including phenoxy) is 1. The van der Waals surface area contributed by atoms with E-state index < -0.39 is 5.97 Å². The number of carboxylic acids is 1. The van der Waals surface area contributed by atoms with Gasteiger partial charge in [0.15, 0.2) is 0 Å². The van der Waals surface area contributed by atoms with E-state index in [0.29, 0.717) is 51.0 Å². The largest absolute Gasteiger partial charge is 0.481 e. The van der Waals surface area contributed by atoms with Crippen molar-refractivity contribution < 1.29 is 19.4 Å². The zero-order valence-electron chi connectivity index (χ0n) is 15.0. The minimum Gasteiger partial charge on any atom is -0.481 e. The van der Waals surface area contributed by atoms with Gasteiger partial charge < -0.3 is 20.1 Å². The SMILES string of the molecule is CN(CCOCc1ccc(C#N)cc1)C(=O)NC1CCC(C(=O)O)CC1. The van der Waals surface area contributed by atoms with Crippen molar-refractivity contribution >= 4 is 12.0 Å². The van der Waals surface area contributed by atoms with Gasteiger partial charge in [0, 0.05) is 19.6 Å². The number of aliphatic carboxylic acids is 1. The molecule has 0 saturated heterocycles. The molecule has 1 aliphatic rings. The van der Waals surface area contributed by atoms with Gasteiger partial charge >= 0.3 is 12.0 Å². The molecule has 0 atom stereocenters. The molecule has 2 rings (SSSR count). The quantitative estimate of drug-likeness (QED) is 0.728. The van der Waals surface area contributed by atoms with Gasteiger partial charge in [0.05, 0.1) is 30.8 Å². The Morgan fingerprint density at radius 2 is 1.92 bits per heavy atom. The number of amides is 2. The van der Waals surface area contributed by atoms with Crippen molar-refractivity contribution in [2.24, 2.45) is 5.92 Å². The molecule has 0 unspecified atom stereocenters. The summed E-state index contributed by atoms with van der Waals surface area (Å²) in [6.07, 6.45) is 2.62. The van der Waals surface area contributed by atoms with Gasteiger partial charge in [-0.3, -0.25) is 4.79 Å². The van der Waals surface area contributed by atoms with E-state index in [-0.39, 0.29) is 18.0 Å². The number of likely N-dealkylation sites (N-methyl/N-ethyl adjacent to an activating group) is 1. The summed E-state index contributed by atoms with van der Waals surface area (Å²) in [7, 11) is 1.71. The number of nitriles is 1. The third-order valence-corrected chi connectivity index (χ3v) is 4.67.